The van der Waals surface area contributed by atoms with Crippen LogP contribution in [0.1, 0.15) is 11.1 Å². The summed E-state index contributed by atoms with van der Waals surface area (Å²) < 4.78 is 57.5. The van der Waals surface area contributed by atoms with Crippen LogP contribution in [0.3, 0.4) is 0 Å². The number of hydrogen-bond donors (Lipinski definition) is 1. The molecule has 0 aromatic heterocycles. The Labute approximate surface area is 126 Å². The van der Waals surface area contributed by atoms with Gasteiger partial charge in [0.1, 0.15) is 17.3 Å². The third-order valence-electron chi connectivity index (χ3n) is 2.65. The van der Waals surface area contributed by atoms with Crippen molar-refractivity contribution >= 4 is 15.9 Å². The van der Waals surface area contributed by atoms with Crippen LogP contribution in [0.5, 0.6) is 11.5 Å². The number of aliphatic hydroxyl groups excluding tert-OH is 1. The van der Waals surface area contributed by atoms with E-state index < -0.39 is 29.9 Å². The second-order valence-corrected chi connectivity index (χ2v) is 5.02. The highest BCUT2D eigenvalue weighted by molar-refractivity contribution is 9.10. The summed E-state index contributed by atoms with van der Waals surface area (Å²) in [5.74, 6) is -1.16. The lowest BCUT2D eigenvalue weighted by Crippen LogP contribution is -2.08. The lowest BCUT2D eigenvalue weighted by Gasteiger charge is -2.15. The molecule has 0 spiro atoms. The van der Waals surface area contributed by atoms with Crippen LogP contribution < -0.4 is 4.74 Å². The van der Waals surface area contributed by atoms with Gasteiger partial charge in [0, 0.05) is 6.07 Å². The monoisotopic (exact) mass is 364 g/mol. The van der Waals surface area contributed by atoms with Crippen molar-refractivity contribution in [1.82, 2.24) is 0 Å². The van der Waals surface area contributed by atoms with Gasteiger partial charge in [0.2, 0.25) is 0 Å². The van der Waals surface area contributed by atoms with Crippen molar-refractivity contribution in [2.24, 2.45) is 0 Å². The number of halogens is 5. The Morgan fingerprint density at radius 1 is 1.10 bits per heavy atom. The zero-order valence-corrected chi connectivity index (χ0v) is 12.0. The third-order valence-corrected chi connectivity index (χ3v) is 3.29. The van der Waals surface area contributed by atoms with Crippen LogP contribution in [0, 0.1) is 5.82 Å². The largest absolute Gasteiger partial charge is 0.457 e. The first-order valence-corrected chi connectivity index (χ1v) is 6.54. The van der Waals surface area contributed by atoms with E-state index in [1.54, 1.807) is 0 Å². The quantitative estimate of drug-likeness (QED) is 0.785. The molecule has 0 saturated heterocycles. The highest BCUT2D eigenvalue weighted by atomic mass is 79.9. The maximum atomic E-state index is 13.4. The van der Waals surface area contributed by atoms with E-state index in [2.05, 4.69) is 15.9 Å². The Bertz CT molecular complexity index is 656. The van der Waals surface area contributed by atoms with Gasteiger partial charge in [0.25, 0.3) is 0 Å². The molecule has 2 nitrogen and oxygen atoms in total. The third kappa shape index (κ3) is 3.74. The SMILES string of the molecule is OCc1ccc(Oc2ccc(Br)c(F)c2)c(C(F)(F)F)c1. The van der Waals surface area contributed by atoms with Gasteiger partial charge in [0.05, 0.1) is 16.6 Å². The van der Waals surface area contributed by atoms with Crippen LogP contribution in [-0.2, 0) is 12.8 Å². The van der Waals surface area contributed by atoms with E-state index in [1.165, 1.54) is 18.2 Å². The Morgan fingerprint density at radius 3 is 2.38 bits per heavy atom. The standard InChI is InChI=1S/C14H9BrF4O2/c15-11-3-2-9(6-12(11)16)21-13-4-1-8(7-20)5-10(13)14(17,18)19/h1-6,20H,7H2. The van der Waals surface area contributed by atoms with Crippen molar-refractivity contribution in [2.45, 2.75) is 12.8 Å². The van der Waals surface area contributed by atoms with Gasteiger partial charge in [-0.25, -0.2) is 4.39 Å². The molecule has 0 fully saturated rings. The summed E-state index contributed by atoms with van der Waals surface area (Å²) in [6.07, 6.45) is -4.64. The molecule has 0 radical (unpaired) electrons. The molecule has 112 valence electrons. The van der Waals surface area contributed by atoms with Crippen LogP contribution >= 0.6 is 15.9 Å². The fraction of sp³-hybridized carbons (Fsp3) is 0.143. The average Bonchev–Trinajstić information content (AvgIpc) is 2.42. The Balaban J connectivity index is 2.41. The predicted molar refractivity (Wildman–Crippen MR) is 71.5 cm³/mol. The normalized spacial score (nSPS) is 11.5. The van der Waals surface area contributed by atoms with Crippen LogP contribution in [0.4, 0.5) is 17.6 Å². The van der Waals surface area contributed by atoms with Gasteiger partial charge in [-0.2, -0.15) is 13.2 Å². The van der Waals surface area contributed by atoms with Crippen molar-refractivity contribution in [3.8, 4) is 11.5 Å². The van der Waals surface area contributed by atoms with Gasteiger partial charge in [-0.15, -0.1) is 0 Å². The number of benzene rings is 2. The van der Waals surface area contributed by atoms with Crippen LogP contribution in [0.2, 0.25) is 0 Å². The van der Waals surface area contributed by atoms with E-state index in [4.69, 9.17) is 9.84 Å². The first-order valence-electron chi connectivity index (χ1n) is 5.75. The lowest BCUT2D eigenvalue weighted by atomic mass is 10.1. The number of alkyl halides is 3. The van der Waals surface area contributed by atoms with Gasteiger partial charge in [-0.3, -0.25) is 0 Å². The molecule has 2 rings (SSSR count). The summed E-state index contributed by atoms with van der Waals surface area (Å²) in [7, 11) is 0. The molecule has 0 heterocycles. The van der Waals surface area contributed by atoms with Gasteiger partial charge < -0.3 is 9.84 Å². The van der Waals surface area contributed by atoms with Crippen molar-refractivity contribution in [2.75, 3.05) is 0 Å². The summed E-state index contributed by atoms with van der Waals surface area (Å²) >= 11 is 2.94. The highest BCUT2D eigenvalue weighted by Crippen LogP contribution is 2.39. The summed E-state index contributed by atoms with van der Waals surface area (Å²) in [5, 5.41) is 8.91. The molecule has 0 saturated carbocycles. The van der Waals surface area contributed by atoms with Crippen molar-refractivity contribution in [1.29, 1.82) is 0 Å². The number of aliphatic hydroxyl groups is 1. The highest BCUT2D eigenvalue weighted by Gasteiger charge is 2.34. The minimum absolute atomic E-state index is 0.0575. The molecule has 0 amide bonds. The Kier molecular flexibility index (Phi) is 4.53. The van der Waals surface area contributed by atoms with Crippen LogP contribution in [0.15, 0.2) is 40.9 Å². The Hall–Kier alpha value is -1.60. The molecule has 21 heavy (non-hydrogen) atoms. The summed E-state index contributed by atoms with van der Waals surface area (Å²) in [5.41, 5.74) is -0.922. The van der Waals surface area contributed by atoms with Crippen molar-refractivity contribution in [3.05, 3.63) is 57.8 Å². The minimum Gasteiger partial charge on any atom is -0.457 e. The molecule has 2 aromatic carbocycles. The predicted octanol–water partition coefficient (Wildman–Crippen LogP) is 4.89. The lowest BCUT2D eigenvalue weighted by molar-refractivity contribution is -0.138. The van der Waals surface area contributed by atoms with Gasteiger partial charge in [0.15, 0.2) is 0 Å². The average molecular weight is 365 g/mol. The maximum Gasteiger partial charge on any atom is 0.419 e. The molecule has 0 aliphatic heterocycles. The van der Waals surface area contributed by atoms with Gasteiger partial charge in [-0.05, 0) is 45.8 Å². The van der Waals surface area contributed by atoms with Crippen LogP contribution in [-0.4, -0.2) is 5.11 Å². The molecular formula is C14H9BrF4O2. The van der Waals surface area contributed by atoms with E-state index in [0.717, 1.165) is 18.2 Å². The summed E-state index contributed by atoms with van der Waals surface area (Å²) in [6.45, 7) is -0.518. The number of ether oxygens (including phenoxy) is 1. The molecular weight excluding hydrogens is 356 g/mol. The molecule has 1 N–H and O–H groups in total. The second-order valence-electron chi connectivity index (χ2n) is 4.16. The minimum atomic E-state index is -4.64. The van der Waals surface area contributed by atoms with Crippen molar-refractivity contribution in [3.63, 3.8) is 0 Å². The first-order chi connectivity index (χ1) is 9.81. The van der Waals surface area contributed by atoms with E-state index >= 15 is 0 Å². The molecule has 0 aliphatic rings. The fourth-order valence-corrected chi connectivity index (χ4v) is 1.90. The zero-order chi connectivity index (χ0) is 15.6. The van der Waals surface area contributed by atoms with E-state index in [0.29, 0.717) is 0 Å². The molecule has 0 unspecified atom stereocenters. The molecule has 2 aromatic rings. The van der Waals surface area contributed by atoms with Crippen molar-refractivity contribution < 1.29 is 27.4 Å². The zero-order valence-electron chi connectivity index (χ0n) is 10.4. The van der Waals surface area contributed by atoms with Crippen LogP contribution in [0.25, 0.3) is 0 Å². The van der Waals surface area contributed by atoms with E-state index in [-0.39, 0.29) is 15.8 Å². The second kappa shape index (κ2) is 6.03. The van der Waals surface area contributed by atoms with Gasteiger partial charge >= 0.3 is 6.18 Å². The molecule has 0 bridgehead atoms. The summed E-state index contributed by atoms with van der Waals surface area (Å²) in [4.78, 5) is 0. The van der Waals surface area contributed by atoms with Gasteiger partial charge in [-0.1, -0.05) is 6.07 Å². The smallest absolute Gasteiger partial charge is 0.419 e. The summed E-state index contributed by atoms with van der Waals surface area (Å²) in [6, 6.07) is 6.84. The van der Waals surface area contributed by atoms with E-state index in [9.17, 15) is 17.6 Å². The topological polar surface area (TPSA) is 29.5 Å². The maximum absolute atomic E-state index is 13.4. The molecule has 0 aliphatic carbocycles. The first kappa shape index (κ1) is 15.8. The number of rotatable bonds is 3. The van der Waals surface area contributed by atoms with E-state index in [1.807, 2.05) is 0 Å². The molecule has 7 heteroatoms. The molecule has 0 atom stereocenters. The Morgan fingerprint density at radius 2 is 1.81 bits per heavy atom. The number of hydrogen-bond acceptors (Lipinski definition) is 2. The fourth-order valence-electron chi connectivity index (χ4n) is 1.65.